The Morgan fingerprint density at radius 3 is 2.35 bits per heavy atom. The van der Waals surface area contributed by atoms with Crippen molar-refractivity contribution in [1.82, 2.24) is 9.97 Å². The van der Waals surface area contributed by atoms with Gasteiger partial charge in [-0.05, 0) is 18.2 Å². The van der Waals surface area contributed by atoms with Crippen LogP contribution in [0.15, 0.2) is 36.7 Å². The molecule has 0 saturated carbocycles. The van der Waals surface area contributed by atoms with Gasteiger partial charge in [0.25, 0.3) is 5.91 Å². The minimum Gasteiger partial charge on any atom is -0.454 e. The molecule has 0 aliphatic heterocycles. The second-order valence-electron chi connectivity index (χ2n) is 3.73. The first-order valence-corrected chi connectivity index (χ1v) is 5.33. The van der Waals surface area contributed by atoms with Crippen LogP contribution < -0.4 is 10.5 Å². The molecule has 0 atom stereocenters. The molecule has 104 valence electrons. The zero-order valence-electron chi connectivity index (χ0n) is 9.89. The van der Waals surface area contributed by atoms with E-state index in [2.05, 4.69) is 9.97 Å². The van der Waals surface area contributed by atoms with E-state index in [1.807, 2.05) is 0 Å². The summed E-state index contributed by atoms with van der Waals surface area (Å²) in [6.45, 7) is 0. The van der Waals surface area contributed by atoms with Crippen molar-refractivity contribution in [1.29, 1.82) is 0 Å². The van der Waals surface area contributed by atoms with Crippen LogP contribution in [0.3, 0.4) is 0 Å². The average molecular weight is 283 g/mol. The molecule has 0 aliphatic rings. The summed E-state index contributed by atoms with van der Waals surface area (Å²) in [5.41, 5.74) is 4.13. The van der Waals surface area contributed by atoms with E-state index in [4.69, 9.17) is 10.5 Å². The molecule has 2 rings (SSSR count). The molecule has 1 aromatic carbocycles. The summed E-state index contributed by atoms with van der Waals surface area (Å²) in [6, 6.07) is 4.36. The van der Waals surface area contributed by atoms with Gasteiger partial charge in [0, 0.05) is 0 Å². The van der Waals surface area contributed by atoms with Gasteiger partial charge in [-0.1, -0.05) is 6.07 Å². The Labute approximate surface area is 111 Å². The first kappa shape index (κ1) is 13.8. The smallest absolute Gasteiger partial charge is 0.416 e. The van der Waals surface area contributed by atoms with Crippen LogP contribution in [0.4, 0.5) is 13.2 Å². The Balaban J connectivity index is 2.20. The molecule has 0 radical (unpaired) electrons. The number of hydrogen-bond donors (Lipinski definition) is 1. The third-order valence-electron chi connectivity index (χ3n) is 2.25. The van der Waals surface area contributed by atoms with E-state index in [1.165, 1.54) is 12.1 Å². The SMILES string of the molecule is NC(=O)c1ncc(Oc2cccc(C(F)(F)F)c2)cn1. The highest BCUT2D eigenvalue weighted by atomic mass is 19.4. The molecule has 2 N–H and O–H groups in total. The summed E-state index contributed by atoms with van der Waals surface area (Å²) in [5.74, 6) is -0.943. The van der Waals surface area contributed by atoms with Crippen molar-refractivity contribution in [3.05, 3.63) is 48.0 Å². The minimum atomic E-state index is -4.45. The van der Waals surface area contributed by atoms with Crippen molar-refractivity contribution in [2.24, 2.45) is 5.73 Å². The Bertz CT molecular complexity index is 627. The van der Waals surface area contributed by atoms with Crippen LogP contribution in [0.5, 0.6) is 11.5 Å². The van der Waals surface area contributed by atoms with Gasteiger partial charge in [0.05, 0.1) is 18.0 Å². The Hall–Kier alpha value is -2.64. The van der Waals surface area contributed by atoms with Crippen LogP contribution in [0.1, 0.15) is 16.2 Å². The fraction of sp³-hybridized carbons (Fsp3) is 0.0833. The number of nitrogens with two attached hydrogens (primary N) is 1. The van der Waals surface area contributed by atoms with Crippen LogP contribution >= 0.6 is 0 Å². The third-order valence-corrected chi connectivity index (χ3v) is 2.25. The van der Waals surface area contributed by atoms with Gasteiger partial charge in [-0.2, -0.15) is 13.2 Å². The Morgan fingerprint density at radius 1 is 1.15 bits per heavy atom. The van der Waals surface area contributed by atoms with E-state index in [-0.39, 0.29) is 17.3 Å². The van der Waals surface area contributed by atoms with Crippen molar-refractivity contribution in [3.8, 4) is 11.5 Å². The molecule has 1 aromatic heterocycles. The summed E-state index contributed by atoms with van der Waals surface area (Å²) in [7, 11) is 0. The number of aromatic nitrogens is 2. The maximum atomic E-state index is 12.5. The number of hydrogen-bond acceptors (Lipinski definition) is 4. The van der Waals surface area contributed by atoms with E-state index >= 15 is 0 Å². The van der Waals surface area contributed by atoms with Crippen molar-refractivity contribution in [2.45, 2.75) is 6.18 Å². The van der Waals surface area contributed by atoms with Crippen molar-refractivity contribution >= 4 is 5.91 Å². The molecule has 0 saturated heterocycles. The molecule has 0 aliphatic carbocycles. The molecule has 1 heterocycles. The van der Waals surface area contributed by atoms with Crippen molar-refractivity contribution < 1.29 is 22.7 Å². The molecule has 0 bridgehead atoms. The van der Waals surface area contributed by atoms with Crippen molar-refractivity contribution in [3.63, 3.8) is 0 Å². The van der Waals surface area contributed by atoms with Crippen LogP contribution in [0.25, 0.3) is 0 Å². The van der Waals surface area contributed by atoms with E-state index < -0.39 is 17.6 Å². The molecule has 8 heteroatoms. The fourth-order valence-corrected chi connectivity index (χ4v) is 1.37. The largest absolute Gasteiger partial charge is 0.454 e. The average Bonchev–Trinajstić information content (AvgIpc) is 2.38. The Kier molecular flexibility index (Phi) is 3.55. The van der Waals surface area contributed by atoms with E-state index in [0.717, 1.165) is 24.5 Å². The summed E-state index contributed by atoms with van der Waals surface area (Å²) < 4.78 is 42.7. The number of primary amides is 1. The van der Waals surface area contributed by atoms with Crippen LogP contribution in [-0.2, 0) is 6.18 Å². The minimum absolute atomic E-state index is 0.0183. The number of alkyl halides is 3. The second-order valence-corrected chi connectivity index (χ2v) is 3.73. The van der Waals surface area contributed by atoms with Crippen LogP contribution in [0.2, 0.25) is 0 Å². The van der Waals surface area contributed by atoms with Gasteiger partial charge in [0.2, 0.25) is 5.82 Å². The van der Waals surface area contributed by atoms with Gasteiger partial charge in [-0.3, -0.25) is 4.79 Å². The lowest BCUT2D eigenvalue weighted by molar-refractivity contribution is -0.137. The topological polar surface area (TPSA) is 78.1 Å². The van der Waals surface area contributed by atoms with E-state index in [0.29, 0.717) is 0 Å². The molecule has 0 spiro atoms. The molecular weight excluding hydrogens is 275 g/mol. The molecule has 0 fully saturated rings. The van der Waals surface area contributed by atoms with Gasteiger partial charge in [0.15, 0.2) is 5.75 Å². The highest BCUT2D eigenvalue weighted by molar-refractivity contribution is 5.88. The highest BCUT2D eigenvalue weighted by Crippen LogP contribution is 2.32. The van der Waals surface area contributed by atoms with E-state index in [9.17, 15) is 18.0 Å². The number of carbonyl (C=O) groups is 1. The predicted molar refractivity (Wildman–Crippen MR) is 62.1 cm³/mol. The number of rotatable bonds is 3. The number of ether oxygens (including phenoxy) is 1. The van der Waals surface area contributed by atoms with E-state index in [1.54, 1.807) is 0 Å². The molecule has 0 unspecified atom stereocenters. The lowest BCUT2D eigenvalue weighted by Gasteiger charge is -2.09. The highest BCUT2D eigenvalue weighted by Gasteiger charge is 2.30. The van der Waals surface area contributed by atoms with Crippen LogP contribution in [0, 0.1) is 0 Å². The lowest BCUT2D eigenvalue weighted by Crippen LogP contribution is -2.14. The van der Waals surface area contributed by atoms with Crippen molar-refractivity contribution in [2.75, 3.05) is 0 Å². The predicted octanol–water partition coefficient (Wildman–Crippen LogP) is 2.39. The first-order valence-electron chi connectivity index (χ1n) is 5.33. The maximum Gasteiger partial charge on any atom is 0.416 e. The number of benzene rings is 1. The zero-order valence-corrected chi connectivity index (χ0v) is 9.89. The lowest BCUT2D eigenvalue weighted by atomic mass is 10.2. The molecule has 2 aromatic rings. The number of nitrogens with zero attached hydrogens (tertiary/aromatic N) is 2. The molecule has 1 amide bonds. The number of carbonyl (C=O) groups excluding carboxylic acids is 1. The van der Waals surface area contributed by atoms with Gasteiger partial charge in [-0.25, -0.2) is 9.97 Å². The summed E-state index contributed by atoms with van der Waals surface area (Å²) in [4.78, 5) is 18.0. The zero-order chi connectivity index (χ0) is 14.8. The Morgan fingerprint density at radius 2 is 1.80 bits per heavy atom. The normalized spacial score (nSPS) is 11.2. The maximum absolute atomic E-state index is 12.5. The third kappa shape index (κ3) is 3.22. The van der Waals surface area contributed by atoms with Gasteiger partial charge < -0.3 is 10.5 Å². The molecule has 20 heavy (non-hydrogen) atoms. The van der Waals surface area contributed by atoms with Gasteiger partial charge in [0.1, 0.15) is 5.75 Å². The molecule has 5 nitrogen and oxygen atoms in total. The van der Waals surface area contributed by atoms with Gasteiger partial charge in [-0.15, -0.1) is 0 Å². The monoisotopic (exact) mass is 283 g/mol. The summed E-state index contributed by atoms with van der Waals surface area (Å²) in [5, 5.41) is 0. The second kappa shape index (κ2) is 5.16. The standard InChI is InChI=1S/C12H8F3N3O2/c13-12(14,15)7-2-1-3-8(4-7)20-9-5-17-11(10(16)19)18-6-9/h1-6H,(H2,16,19). The quantitative estimate of drug-likeness (QED) is 0.938. The number of amides is 1. The summed E-state index contributed by atoms with van der Waals surface area (Å²) in [6.07, 6.45) is -2.16. The number of halogens is 3. The molecular formula is C12H8F3N3O2. The van der Waals surface area contributed by atoms with Gasteiger partial charge >= 0.3 is 6.18 Å². The first-order chi connectivity index (χ1) is 9.36. The fourth-order valence-electron chi connectivity index (χ4n) is 1.37. The van der Waals surface area contributed by atoms with Crippen LogP contribution in [-0.4, -0.2) is 15.9 Å². The summed E-state index contributed by atoms with van der Waals surface area (Å²) >= 11 is 0.